The molecule has 28 heavy (non-hydrogen) atoms. The summed E-state index contributed by atoms with van der Waals surface area (Å²) in [5, 5.41) is 4.73. The fraction of sp³-hybridized carbons (Fsp3) is 0.294. The average molecular weight is 443 g/mol. The first-order valence-corrected chi connectivity index (χ1v) is 10.9. The number of amides is 1. The molecule has 1 aliphatic rings. The quantitative estimate of drug-likeness (QED) is 0.696. The van der Waals surface area contributed by atoms with Crippen LogP contribution in [-0.4, -0.2) is 36.2 Å². The highest BCUT2D eigenvalue weighted by molar-refractivity contribution is 7.87. The second-order valence-electron chi connectivity index (χ2n) is 5.98. The number of anilines is 1. The second-order valence-corrected chi connectivity index (χ2v) is 8.97. The van der Waals surface area contributed by atoms with Gasteiger partial charge in [0.05, 0.1) is 11.1 Å². The van der Waals surface area contributed by atoms with Crippen LogP contribution >= 0.6 is 22.9 Å². The van der Waals surface area contributed by atoms with Crippen LogP contribution in [0.25, 0.3) is 0 Å². The molecule has 2 N–H and O–H groups in total. The van der Waals surface area contributed by atoms with Crippen molar-refractivity contribution in [2.75, 3.05) is 11.9 Å². The number of aromatic nitrogens is 1. The number of carbonyl (C=O) groups excluding carboxylic acids is 1. The molecule has 1 saturated heterocycles. The molecule has 3 rings (SSSR count). The van der Waals surface area contributed by atoms with Crippen molar-refractivity contribution in [3.8, 4) is 12.3 Å². The Balaban J connectivity index is 1.88. The van der Waals surface area contributed by atoms with Gasteiger partial charge >= 0.3 is 0 Å². The summed E-state index contributed by atoms with van der Waals surface area (Å²) in [7, 11) is -3.96. The third kappa shape index (κ3) is 4.51. The molecule has 1 fully saturated rings. The lowest BCUT2D eigenvalue weighted by Gasteiger charge is -2.37. The average Bonchev–Trinajstić information content (AvgIpc) is 3.17. The van der Waals surface area contributed by atoms with Crippen LogP contribution in [0.1, 0.15) is 23.9 Å². The molecule has 11 heteroatoms. The molecule has 0 spiro atoms. The molecule has 2 aromatic rings. The monoisotopic (exact) mass is 442 g/mol. The van der Waals surface area contributed by atoms with E-state index in [-0.39, 0.29) is 30.1 Å². The lowest BCUT2D eigenvalue weighted by atomic mass is 10.1. The predicted octanol–water partition coefficient (Wildman–Crippen LogP) is 2.55. The van der Waals surface area contributed by atoms with Crippen LogP contribution in [-0.2, 0) is 15.0 Å². The van der Waals surface area contributed by atoms with E-state index in [0.717, 1.165) is 10.4 Å². The SMILES string of the molecule is C#CCCN1[C@H](C(=O)Nc2ccc(F)c(Cl)c2)C[C@H](c2nccs2)NS1(=O)=O. The highest BCUT2D eigenvalue weighted by Gasteiger charge is 2.43. The maximum atomic E-state index is 13.3. The Morgan fingerprint density at radius 1 is 1.54 bits per heavy atom. The first kappa shape index (κ1) is 20.7. The third-order valence-electron chi connectivity index (χ3n) is 4.12. The van der Waals surface area contributed by atoms with Gasteiger partial charge in [-0.2, -0.15) is 17.4 Å². The van der Waals surface area contributed by atoms with Crippen LogP contribution in [0.5, 0.6) is 0 Å². The summed E-state index contributed by atoms with van der Waals surface area (Å²) in [4.78, 5) is 17.0. The normalized spacial score (nSPS) is 21.8. The Labute approximate surface area is 171 Å². The van der Waals surface area contributed by atoms with E-state index in [0.29, 0.717) is 5.01 Å². The van der Waals surface area contributed by atoms with Gasteiger partial charge in [0, 0.05) is 30.2 Å². The highest BCUT2D eigenvalue weighted by Crippen LogP contribution is 2.30. The van der Waals surface area contributed by atoms with Gasteiger partial charge in [0.15, 0.2) is 0 Å². The summed E-state index contributed by atoms with van der Waals surface area (Å²) in [6.07, 6.45) is 7.14. The van der Waals surface area contributed by atoms with Crippen molar-refractivity contribution in [3.05, 3.63) is 45.6 Å². The fourth-order valence-corrected chi connectivity index (χ4v) is 5.36. The number of nitrogens with one attached hydrogen (secondary N) is 2. The van der Waals surface area contributed by atoms with E-state index in [9.17, 15) is 17.6 Å². The van der Waals surface area contributed by atoms with Gasteiger partial charge in [0.1, 0.15) is 16.9 Å². The third-order valence-corrected chi connectivity index (χ3v) is 6.94. The van der Waals surface area contributed by atoms with Gasteiger partial charge in [0.25, 0.3) is 10.2 Å². The summed E-state index contributed by atoms with van der Waals surface area (Å²) < 4.78 is 42.4. The number of rotatable bonds is 5. The molecule has 1 aromatic carbocycles. The van der Waals surface area contributed by atoms with Gasteiger partial charge in [-0.15, -0.1) is 23.7 Å². The first-order valence-electron chi connectivity index (χ1n) is 8.19. The lowest BCUT2D eigenvalue weighted by molar-refractivity contribution is -0.120. The molecular weight excluding hydrogens is 427 g/mol. The molecule has 0 unspecified atom stereocenters. The van der Waals surface area contributed by atoms with Crippen molar-refractivity contribution in [2.24, 2.45) is 0 Å². The number of hydrogen-bond acceptors (Lipinski definition) is 5. The number of halogens is 2. The molecule has 0 aliphatic carbocycles. The molecule has 2 heterocycles. The number of nitrogens with zero attached hydrogens (tertiary/aromatic N) is 2. The number of benzene rings is 1. The van der Waals surface area contributed by atoms with E-state index in [1.165, 1.54) is 23.5 Å². The second kappa shape index (κ2) is 8.55. The van der Waals surface area contributed by atoms with Gasteiger partial charge in [-0.1, -0.05) is 11.6 Å². The molecule has 1 amide bonds. The molecule has 2 atom stereocenters. The van der Waals surface area contributed by atoms with Crippen molar-refractivity contribution in [2.45, 2.75) is 24.9 Å². The zero-order valence-electron chi connectivity index (χ0n) is 14.4. The summed E-state index contributed by atoms with van der Waals surface area (Å²) in [5.41, 5.74) is 0.259. The van der Waals surface area contributed by atoms with Gasteiger partial charge < -0.3 is 5.32 Å². The number of terminal acetylenes is 1. The molecule has 1 aromatic heterocycles. The highest BCUT2D eigenvalue weighted by atomic mass is 35.5. The van der Waals surface area contributed by atoms with E-state index in [1.54, 1.807) is 11.6 Å². The van der Waals surface area contributed by atoms with E-state index in [2.05, 4.69) is 20.9 Å². The van der Waals surface area contributed by atoms with Crippen molar-refractivity contribution in [1.29, 1.82) is 0 Å². The smallest absolute Gasteiger partial charge is 0.280 e. The van der Waals surface area contributed by atoms with Crippen molar-refractivity contribution >= 4 is 44.7 Å². The Morgan fingerprint density at radius 2 is 2.32 bits per heavy atom. The van der Waals surface area contributed by atoms with Crippen LogP contribution in [0.4, 0.5) is 10.1 Å². The van der Waals surface area contributed by atoms with E-state index >= 15 is 0 Å². The Hall–Kier alpha value is -2.03. The van der Waals surface area contributed by atoms with Crippen LogP contribution < -0.4 is 10.0 Å². The van der Waals surface area contributed by atoms with Crippen molar-refractivity contribution < 1.29 is 17.6 Å². The largest absolute Gasteiger partial charge is 0.325 e. The molecule has 1 aliphatic heterocycles. The molecule has 148 valence electrons. The van der Waals surface area contributed by atoms with E-state index in [4.69, 9.17) is 18.0 Å². The zero-order chi connectivity index (χ0) is 20.3. The molecule has 0 saturated carbocycles. The fourth-order valence-electron chi connectivity index (χ4n) is 2.85. The minimum atomic E-state index is -3.96. The minimum absolute atomic E-state index is 0.0152. The molecule has 0 radical (unpaired) electrons. The number of thiazole rings is 1. The minimum Gasteiger partial charge on any atom is -0.325 e. The molecule has 7 nitrogen and oxygen atoms in total. The Morgan fingerprint density at radius 3 is 2.96 bits per heavy atom. The van der Waals surface area contributed by atoms with Crippen LogP contribution in [0.2, 0.25) is 5.02 Å². The standard InChI is InChI=1S/C17H16ClFN4O3S2/c1-2-3-7-23-15(16(24)21-11-4-5-13(19)12(18)9-11)10-14(22-28(23,25)26)17-20-6-8-27-17/h1,4-6,8-9,14-15,22H,3,7,10H2,(H,21,24)/t14-,15+/m1/s1. The van der Waals surface area contributed by atoms with Gasteiger partial charge in [-0.05, 0) is 24.6 Å². The Kier molecular flexibility index (Phi) is 6.32. The summed E-state index contributed by atoms with van der Waals surface area (Å²) in [6, 6.07) is 2.07. The van der Waals surface area contributed by atoms with Crippen molar-refractivity contribution in [3.63, 3.8) is 0 Å². The van der Waals surface area contributed by atoms with Gasteiger partial charge in [-0.3, -0.25) is 4.79 Å². The maximum absolute atomic E-state index is 13.3. The van der Waals surface area contributed by atoms with Crippen molar-refractivity contribution in [1.82, 2.24) is 14.0 Å². The lowest BCUT2D eigenvalue weighted by Crippen LogP contribution is -2.57. The van der Waals surface area contributed by atoms with Crippen LogP contribution in [0.15, 0.2) is 29.8 Å². The summed E-state index contributed by atoms with van der Waals surface area (Å²) in [6.45, 7) is -0.0152. The maximum Gasteiger partial charge on any atom is 0.280 e. The predicted molar refractivity (Wildman–Crippen MR) is 106 cm³/mol. The summed E-state index contributed by atoms with van der Waals surface area (Å²) >= 11 is 7.04. The topological polar surface area (TPSA) is 91.4 Å². The van der Waals surface area contributed by atoms with E-state index in [1.807, 2.05) is 0 Å². The Bertz CT molecular complexity index is 1010. The number of carbonyl (C=O) groups is 1. The molecular formula is C17H16ClFN4O3S2. The van der Waals surface area contributed by atoms with E-state index < -0.39 is 34.0 Å². The molecule has 0 bridgehead atoms. The first-order chi connectivity index (χ1) is 13.3. The van der Waals surface area contributed by atoms with Gasteiger partial charge in [0.2, 0.25) is 5.91 Å². The number of hydrogen-bond donors (Lipinski definition) is 2. The van der Waals surface area contributed by atoms with Crippen LogP contribution in [0.3, 0.4) is 0 Å². The van der Waals surface area contributed by atoms with Crippen LogP contribution in [0, 0.1) is 18.2 Å². The summed E-state index contributed by atoms with van der Waals surface area (Å²) in [5.74, 6) is 1.19. The zero-order valence-corrected chi connectivity index (χ0v) is 16.8. The van der Waals surface area contributed by atoms with Gasteiger partial charge in [-0.25, -0.2) is 9.37 Å².